The van der Waals surface area contributed by atoms with Crippen LogP contribution in [0.4, 0.5) is 17.1 Å². The molecule has 10 heteroatoms. The number of aromatic nitrogens is 1. The van der Waals surface area contributed by atoms with Crippen LogP contribution in [0.3, 0.4) is 0 Å². The highest BCUT2D eigenvalue weighted by Gasteiger charge is 2.24. The number of rotatable bonds is 8. The molecule has 0 unspecified atom stereocenters. The van der Waals surface area contributed by atoms with Gasteiger partial charge in [-0.15, -0.1) is 0 Å². The highest BCUT2D eigenvalue weighted by Crippen LogP contribution is 2.42. The molecule has 0 radical (unpaired) electrons. The molecular weight excluding hydrogens is 406 g/mol. The van der Waals surface area contributed by atoms with Gasteiger partial charge < -0.3 is 28.8 Å². The maximum Gasteiger partial charge on any atom is 0.354 e. The standard InChI is InChI=1S/C21H23N3O7/c1-6-31-21(25)16-11-13-14(7-8-15(24(26)27)19(13)23(16)2)22-12-9-17(28-3)20(30-5)18(10-12)29-4/h7-11,22H,6H2,1-5H3. The van der Waals surface area contributed by atoms with Gasteiger partial charge in [-0.3, -0.25) is 10.1 Å². The Morgan fingerprint density at radius 2 is 1.74 bits per heavy atom. The Balaban J connectivity index is 2.18. The van der Waals surface area contributed by atoms with E-state index < -0.39 is 10.9 Å². The molecule has 1 aromatic heterocycles. The van der Waals surface area contributed by atoms with Gasteiger partial charge in [0.15, 0.2) is 11.5 Å². The smallest absolute Gasteiger partial charge is 0.354 e. The van der Waals surface area contributed by atoms with E-state index in [4.69, 9.17) is 18.9 Å². The number of esters is 1. The molecule has 3 aromatic rings. The Morgan fingerprint density at radius 3 is 2.26 bits per heavy atom. The predicted molar refractivity (Wildman–Crippen MR) is 115 cm³/mol. The number of methoxy groups -OCH3 is 3. The summed E-state index contributed by atoms with van der Waals surface area (Å²) in [6.07, 6.45) is 0. The van der Waals surface area contributed by atoms with Gasteiger partial charge in [0, 0.05) is 42.0 Å². The fourth-order valence-electron chi connectivity index (χ4n) is 3.42. The molecule has 164 valence electrons. The monoisotopic (exact) mass is 429 g/mol. The molecule has 10 nitrogen and oxygen atoms in total. The molecule has 0 saturated carbocycles. The van der Waals surface area contributed by atoms with Gasteiger partial charge >= 0.3 is 5.97 Å². The minimum Gasteiger partial charge on any atom is -0.493 e. The van der Waals surface area contributed by atoms with Crippen LogP contribution in [0.2, 0.25) is 0 Å². The molecule has 0 aliphatic rings. The number of aryl methyl sites for hydroxylation is 1. The zero-order valence-corrected chi connectivity index (χ0v) is 17.8. The molecule has 0 bridgehead atoms. The summed E-state index contributed by atoms with van der Waals surface area (Å²) in [7, 11) is 6.11. The summed E-state index contributed by atoms with van der Waals surface area (Å²) in [5, 5.41) is 15.3. The number of hydrogen-bond acceptors (Lipinski definition) is 8. The summed E-state index contributed by atoms with van der Waals surface area (Å²) in [6, 6.07) is 7.96. The molecule has 0 atom stereocenters. The van der Waals surface area contributed by atoms with Crippen LogP contribution in [-0.4, -0.2) is 43.4 Å². The van der Waals surface area contributed by atoms with Crippen molar-refractivity contribution in [2.45, 2.75) is 6.92 Å². The van der Waals surface area contributed by atoms with Gasteiger partial charge in [0.2, 0.25) is 5.75 Å². The van der Waals surface area contributed by atoms with Crippen LogP contribution in [-0.2, 0) is 11.8 Å². The Kier molecular flexibility index (Phi) is 6.19. The zero-order valence-electron chi connectivity index (χ0n) is 17.8. The lowest BCUT2D eigenvalue weighted by Gasteiger charge is -2.15. The molecule has 3 rings (SSSR count). The van der Waals surface area contributed by atoms with Crippen LogP contribution >= 0.6 is 0 Å². The molecule has 2 aromatic carbocycles. The number of ether oxygens (including phenoxy) is 4. The third-order valence-electron chi connectivity index (χ3n) is 4.80. The Morgan fingerprint density at radius 1 is 1.10 bits per heavy atom. The quantitative estimate of drug-likeness (QED) is 0.324. The van der Waals surface area contributed by atoms with Gasteiger partial charge in [0.1, 0.15) is 11.2 Å². The lowest BCUT2D eigenvalue weighted by molar-refractivity contribution is -0.383. The van der Waals surface area contributed by atoms with Gasteiger partial charge in [-0.2, -0.15) is 0 Å². The topological polar surface area (TPSA) is 114 Å². The second kappa shape index (κ2) is 8.82. The number of anilines is 2. The molecule has 1 heterocycles. The molecule has 0 aliphatic heterocycles. The van der Waals surface area contributed by atoms with Gasteiger partial charge in [0.05, 0.1) is 32.9 Å². The Bertz CT molecular complexity index is 1130. The second-order valence-corrected chi connectivity index (χ2v) is 6.50. The fourth-order valence-corrected chi connectivity index (χ4v) is 3.42. The van der Waals surface area contributed by atoms with E-state index >= 15 is 0 Å². The predicted octanol–water partition coefficient (Wildman–Crippen LogP) is 4.03. The number of hydrogen-bond donors (Lipinski definition) is 1. The number of fused-ring (bicyclic) bond motifs is 1. The number of non-ortho nitro benzene ring substituents is 1. The summed E-state index contributed by atoms with van der Waals surface area (Å²) >= 11 is 0. The number of nitrogens with one attached hydrogen (secondary N) is 1. The van der Waals surface area contributed by atoms with Gasteiger partial charge in [-0.1, -0.05) is 0 Å². The molecule has 0 amide bonds. The first kappa shape index (κ1) is 21.8. The molecule has 0 aliphatic carbocycles. The van der Waals surface area contributed by atoms with E-state index in [1.165, 1.54) is 32.0 Å². The Hall–Kier alpha value is -3.95. The van der Waals surface area contributed by atoms with E-state index in [0.29, 0.717) is 39.5 Å². The van der Waals surface area contributed by atoms with E-state index in [1.807, 2.05) is 0 Å². The summed E-state index contributed by atoms with van der Waals surface area (Å²) < 4.78 is 22.6. The van der Waals surface area contributed by atoms with Crippen molar-refractivity contribution in [1.82, 2.24) is 4.57 Å². The highest BCUT2D eigenvalue weighted by molar-refractivity contribution is 6.05. The lowest BCUT2D eigenvalue weighted by atomic mass is 10.1. The first-order valence-electron chi connectivity index (χ1n) is 9.37. The van der Waals surface area contributed by atoms with Crippen molar-refractivity contribution in [2.75, 3.05) is 33.3 Å². The minimum atomic E-state index is -0.561. The number of nitrogens with zero attached hydrogens (tertiary/aromatic N) is 2. The van der Waals surface area contributed by atoms with Crippen molar-refractivity contribution in [2.24, 2.45) is 7.05 Å². The first-order chi connectivity index (χ1) is 14.9. The third-order valence-corrected chi connectivity index (χ3v) is 4.80. The normalized spacial score (nSPS) is 10.6. The zero-order chi connectivity index (χ0) is 22.7. The molecule has 0 spiro atoms. The average molecular weight is 429 g/mol. The summed E-state index contributed by atoms with van der Waals surface area (Å²) in [6.45, 7) is 1.89. The largest absolute Gasteiger partial charge is 0.493 e. The van der Waals surface area contributed by atoms with E-state index in [0.717, 1.165) is 0 Å². The van der Waals surface area contributed by atoms with Gasteiger partial charge in [0.25, 0.3) is 5.69 Å². The number of nitro benzene ring substituents is 1. The maximum absolute atomic E-state index is 12.3. The van der Waals surface area contributed by atoms with Crippen LogP contribution in [0.5, 0.6) is 17.2 Å². The number of nitro groups is 1. The van der Waals surface area contributed by atoms with Crippen molar-refractivity contribution in [1.29, 1.82) is 0 Å². The second-order valence-electron chi connectivity index (χ2n) is 6.50. The lowest BCUT2D eigenvalue weighted by Crippen LogP contribution is -2.09. The van der Waals surface area contributed by atoms with Crippen LogP contribution in [0, 0.1) is 10.1 Å². The van der Waals surface area contributed by atoms with Crippen molar-refractivity contribution in [3.63, 3.8) is 0 Å². The third kappa shape index (κ3) is 3.91. The van der Waals surface area contributed by atoms with E-state index in [1.54, 1.807) is 38.2 Å². The van der Waals surface area contributed by atoms with Gasteiger partial charge in [-0.05, 0) is 19.1 Å². The van der Waals surface area contributed by atoms with Crippen LogP contribution in [0.15, 0.2) is 30.3 Å². The Labute approximate surface area is 178 Å². The van der Waals surface area contributed by atoms with Crippen molar-refractivity contribution in [3.05, 3.63) is 46.1 Å². The number of carbonyl (C=O) groups is 1. The van der Waals surface area contributed by atoms with E-state index in [-0.39, 0.29) is 18.0 Å². The molecular formula is C21H23N3O7. The summed E-state index contributed by atoms with van der Waals surface area (Å²) in [4.78, 5) is 23.4. The number of carbonyl (C=O) groups excluding carboxylic acids is 1. The van der Waals surface area contributed by atoms with E-state index in [9.17, 15) is 14.9 Å². The first-order valence-corrected chi connectivity index (χ1v) is 9.37. The van der Waals surface area contributed by atoms with E-state index in [2.05, 4.69) is 5.32 Å². The summed E-state index contributed by atoms with van der Waals surface area (Å²) in [5.41, 5.74) is 1.54. The van der Waals surface area contributed by atoms with Crippen LogP contribution in [0.1, 0.15) is 17.4 Å². The minimum absolute atomic E-state index is 0.122. The molecule has 31 heavy (non-hydrogen) atoms. The van der Waals surface area contributed by atoms with Crippen molar-refractivity contribution >= 4 is 33.9 Å². The maximum atomic E-state index is 12.3. The average Bonchev–Trinajstić information content (AvgIpc) is 3.11. The molecule has 1 N–H and O–H groups in total. The molecule has 0 fully saturated rings. The SMILES string of the molecule is CCOC(=O)c1cc2c(Nc3cc(OC)c(OC)c(OC)c3)ccc([N+](=O)[O-])c2n1C. The van der Waals surface area contributed by atoms with Crippen molar-refractivity contribution < 1.29 is 28.7 Å². The summed E-state index contributed by atoms with van der Waals surface area (Å²) in [5.74, 6) is 0.772. The van der Waals surface area contributed by atoms with Crippen LogP contribution in [0.25, 0.3) is 10.9 Å². The molecule has 0 saturated heterocycles. The fraction of sp³-hybridized carbons (Fsp3) is 0.286. The number of benzene rings is 2. The van der Waals surface area contributed by atoms with Crippen LogP contribution < -0.4 is 19.5 Å². The van der Waals surface area contributed by atoms with Crippen molar-refractivity contribution in [3.8, 4) is 17.2 Å². The van der Waals surface area contributed by atoms with Gasteiger partial charge in [-0.25, -0.2) is 4.79 Å². The highest BCUT2D eigenvalue weighted by atomic mass is 16.6.